The number of ether oxygens (including phenoxy) is 1. The van der Waals surface area contributed by atoms with Crippen molar-refractivity contribution in [1.29, 1.82) is 0 Å². The van der Waals surface area contributed by atoms with Crippen LogP contribution in [-0.2, 0) is 9.53 Å². The number of rotatable bonds is 6. The van der Waals surface area contributed by atoms with Crippen molar-refractivity contribution in [1.82, 2.24) is 5.32 Å². The molecule has 0 aliphatic rings. The van der Waals surface area contributed by atoms with Crippen LogP contribution in [0.4, 0.5) is 0 Å². The van der Waals surface area contributed by atoms with Crippen molar-refractivity contribution >= 4 is 23.6 Å². The summed E-state index contributed by atoms with van der Waals surface area (Å²) in [4.78, 5) is 11.5. The Morgan fingerprint density at radius 3 is 3.00 bits per heavy atom. The lowest BCUT2D eigenvalue weighted by Crippen LogP contribution is -2.39. The van der Waals surface area contributed by atoms with Crippen LogP contribution in [0, 0.1) is 0 Å². The van der Waals surface area contributed by atoms with Gasteiger partial charge in [-0.25, -0.2) is 0 Å². The van der Waals surface area contributed by atoms with Crippen LogP contribution in [0.3, 0.4) is 0 Å². The van der Waals surface area contributed by atoms with Gasteiger partial charge in [0.15, 0.2) is 0 Å². The van der Waals surface area contributed by atoms with E-state index in [1.807, 2.05) is 6.07 Å². The molecule has 0 heterocycles. The number of nitrogens with one attached hydrogen (secondary N) is 1. The van der Waals surface area contributed by atoms with Gasteiger partial charge in [-0.05, 0) is 23.8 Å². The Hall–Kier alpha value is -1.36. The number of halogens is 1. The Balaban J connectivity index is 2.53. The Labute approximate surface area is 111 Å². The summed E-state index contributed by atoms with van der Waals surface area (Å²) >= 11 is 5.82. The largest absolute Gasteiger partial charge is 0.394 e. The van der Waals surface area contributed by atoms with Gasteiger partial charge in [-0.1, -0.05) is 23.7 Å². The Kier molecular flexibility index (Phi) is 6.43. The summed E-state index contributed by atoms with van der Waals surface area (Å²) < 4.78 is 4.86. The minimum Gasteiger partial charge on any atom is -0.394 e. The van der Waals surface area contributed by atoms with Crippen molar-refractivity contribution in [2.75, 3.05) is 20.3 Å². The van der Waals surface area contributed by atoms with Gasteiger partial charge < -0.3 is 15.2 Å². The molecule has 0 aliphatic heterocycles. The fourth-order valence-corrected chi connectivity index (χ4v) is 1.57. The molecule has 18 heavy (non-hydrogen) atoms. The zero-order valence-electron chi connectivity index (χ0n) is 10.1. The molecule has 1 aromatic carbocycles. The molecule has 0 saturated carbocycles. The second-order valence-corrected chi connectivity index (χ2v) is 4.17. The third-order valence-electron chi connectivity index (χ3n) is 2.21. The van der Waals surface area contributed by atoms with Crippen molar-refractivity contribution in [3.63, 3.8) is 0 Å². The fraction of sp³-hybridized carbons (Fsp3) is 0.308. The highest BCUT2D eigenvalue weighted by atomic mass is 35.5. The van der Waals surface area contributed by atoms with E-state index in [1.165, 1.54) is 13.2 Å². The van der Waals surface area contributed by atoms with Gasteiger partial charge in [-0.15, -0.1) is 0 Å². The summed E-state index contributed by atoms with van der Waals surface area (Å²) in [6, 6.07) is 6.77. The standard InChI is InChI=1S/C13H16ClNO3/c1-18-9-12(8-16)15-13(17)6-5-10-3-2-4-11(14)7-10/h2-7,12,16H,8-9H2,1H3,(H,15,17)/b6-5+. The van der Waals surface area contributed by atoms with Gasteiger partial charge in [0.05, 0.1) is 19.3 Å². The van der Waals surface area contributed by atoms with Crippen LogP contribution < -0.4 is 5.32 Å². The van der Waals surface area contributed by atoms with E-state index in [1.54, 1.807) is 24.3 Å². The summed E-state index contributed by atoms with van der Waals surface area (Å²) in [5.41, 5.74) is 0.838. The van der Waals surface area contributed by atoms with Gasteiger partial charge in [-0.3, -0.25) is 4.79 Å². The number of carbonyl (C=O) groups excluding carboxylic acids is 1. The molecular weight excluding hydrogens is 254 g/mol. The highest BCUT2D eigenvalue weighted by Crippen LogP contribution is 2.11. The zero-order valence-corrected chi connectivity index (χ0v) is 10.9. The molecule has 0 aliphatic carbocycles. The Morgan fingerprint density at radius 2 is 2.39 bits per heavy atom. The molecule has 0 bridgehead atoms. The highest BCUT2D eigenvalue weighted by molar-refractivity contribution is 6.30. The molecule has 98 valence electrons. The Bertz CT molecular complexity index is 420. The van der Waals surface area contributed by atoms with E-state index in [4.69, 9.17) is 21.4 Å². The monoisotopic (exact) mass is 269 g/mol. The number of methoxy groups -OCH3 is 1. The predicted molar refractivity (Wildman–Crippen MR) is 71.4 cm³/mol. The van der Waals surface area contributed by atoms with E-state index in [0.717, 1.165) is 5.56 Å². The van der Waals surface area contributed by atoms with E-state index in [0.29, 0.717) is 5.02 Å². The highest BCUT2D eigenvalue weighted by Gasteiger charge is 2.08. The zero-order chi connectivity index (χ0) is 13.4. The number of hydrogen-bond acceptors (Lipinski definition) is 3. The first-order valence-corrected chi connectivity index (χ1v) is 5.87. The lowest BCUT2D eigenvalue weighted by Gasteiger charge is -2.13. The third-order valence-corrected chi connectivity index (χ3v) is 2.45. The van der Waals surface area contributed by atoms with Gasteiger partial charge >= 0.3 is 0 Å². The number of hydrogen-bond donors (Lipinski definition) is 2. The lowest BCUT2D eigenvalue weighted by molar-refractivity contribution is -0.117. The summed E-state index contributed by atoms with van der Waals surface area (Å²) in [5, 5.41) is 12.2. The second kappa shape index (κ2) is 7.87. The molecule has 0 saturated heterocycles. The van der Waals surface area contributed by atoms with E-state index < -0.39 is 6.04 Å². The van der Waals surface area contributed by atoms with Crippen molar-refractivity contribution in [2.24, 2.45) is 0 Å². The van der Waals surface area contributed by atoms with Crippen LogP contribution in [0.25, 0.3) is 6.08 Å². The maximum absolute atomic E-state index is 11.5. The van der Waals surface area contributed by atoms with Gasteiger partial charge in [0.25, 0.3) is 0 Å². The molecule has 1 amide bonds. The van der Waals surface area contributed by atoms with Crippen molar-refractivity contribution in [3.05, 3.63) is 40.9 Å². The van der Waals surface area contributed by atoms with Crippen LogP contribution in [0.1, 0.15) is 5.56 Å². The second-order valence-electron chi connectivity index (χ2n) is 3.73. The number of aliphatic hydroxyl groups excluding tert-OH is 1. The van der Waals surface area contributed by atoms with Gasteiger partial charge in [0.1, 0.15) is 0 Å². The smallest absolute Gasteiger partial charge is 0.244 e. The first kappa shape index (κ1) is 14.7. The molecule has 0 radical (unpaired) electrons. The van der Waals surface area contributed by atoms with Crippen LogP contribution in [0.5, 0.6) is 0 Å². The normalized spacial score (nSPS) is 12.6. The summed E-state index contributed by atoms with van der Waals surface area (Å²) in [7, 11) is 1.51. The number of amides is 1. The van der Waals surface area contributed by atoms with E-state index >= 15 is 0 Å². The fourth-order valence-electron chi connectivity index (χ4n) is 1.37. The number of carbonyl (C=O) groups is 1. The molecule has 4 nitrogen and oxygen atoms in total. The maximum atomic E-state index is 11.5. The van der Waals surface area contributed by atoms with Crippen LogP contribution in [-0.4, -0.2) is 37.4 Å². The lowest BCUT2D eigenvalue weighted by atomic mass is 10.2. The van der Waals surface area contributed by atoms with Gasteiger partial charge in [-0.2, -0.15) is 0 Å². The quantitative estimate of drug-likeness (QED) is 0.769. The van der Waals surface area contributed by atoms with Crippen LogP contribution >= 0.6 is 11.6 Å². The SMILES string of the molecule is COCC(CO)NC(=O)/C=C/c1cccc(Cl)c1. The molecule has 1 unspecified atom stereocenters. The van der Waals surface area contributed by atoms with E-state index in [9.17, 15) is 4.79 Å². The van der Waals surface area contributed by atoms with Crippen molar-refractivity contribution in [3.8, 4) is 0 Å². The predicted octanol–water partition coefficient (Wildman–Crippen LogP) is 1.48. The number of benzene rings is 1. The molecule has 1 rings (SSSR count). The van der Waals surface area contributed by atoms with Gasteiger partial charge in [0, 0.05) is 18.2 Å². The Morgan fingerprint density at radius 1 is 1.61 bits per heavy atom. The average Bonchev–Trinajstić information content (AvgIpc) is 2.36. The number of aliphatic hydroxyl groups is 1. The summed E-state index contributed by atoms with van der Waals surface area (Å²) in [6.45, 7) is 0.109. The molecule has 5 heteroatoms. The topological polar surface area (TPSA) is 58.6 Å². The molecule has 2 N–H and O–H groups in total. The molecular formula is C13H16ClNO3. The minimum atomic E-state index is -0.397. The van der Waals surface area contributed by atoms with Crippen LogP contribution in [0.2, 0.25) is 5.02 Å². The summed E-state index contributed by atoms with van der Waals surface area (Å²) in [5.74, 6) is -0.286. The van der Waals surface area contributed by atoms with E-state index in [2.05, 4.69) is 5.32 Å². The molecule has 1 aromatic rings. The minimum absolute atomic E-state index is 0.162. The summed E-state index contributed by atoms with van der Waals surface area (Å²) in [6.07, 6.45) is 3.05. The maximum Gasteiger partial charge on any atom is 0.244 e. The van der Waals surface area contributed by atoms with Crippen molar-refractivity contribution < 1.29 is 14.6 Å². The molecule has 0 aromatic heterocycles. The first-order chi connectivity index (χ1) is 8.65. The van der Waals surface area contributed by atoms with Crippen molar-refractivity contribution in [2.45, 2.75) is 6.04 Å². The molecule has 0 spiro atoms. The molecule has 1 atom stereocenters. The average molecular weight is 270 g/mol. The third kappa shape index (κ3) is 5.31. The molecule has 0 fully saturated rings. The van der Waals surface area contributed by atoms with Gasteiger partial charge in [0.2, 0.25) is 5.91 Å². The van der Waals surface area contributed by atoms with E-state index in [-0.39, 0.29) is 19.1 Å². The van der Waals surface area contributed by atoms with Crippen LogP contribution in [0.15, 0.2) is 30.3 Å². The first-order valence-electron chi connectivity index (χ1n) is 5.49.